The van der Waals surface area contributed by atoms with E-state index in [-0.39, 0.29) is 11.9 Å². The van der Waals surface area contributed by atoms with Gasteiger partial charge in [-0.25, -0.2) is 0 Å². The monoisotopic (exact) mass is 332 g/mol. The van der Waals surface area contributed by atoms with E-state index < -0.39 is 18.8 Å². The molecule has 1 fully saturated rings. The van der Waals surface area contributed by atoms with Crippen LogP contribution in [0.3, 0.4) is 0 Å². The van der Waals surface area contributed by atoms with E-state index in [9.17, 15) is 18.0 Å². The van der Waals surface area contributed by atoms with Crippen molar-refractivity contribution in [2.75, 3.05) is 11.9 Å². The summed E-state index contributed by atoms with van der Waals surface area (Å²) in [7, 11) is 0. The highest BCUT2D eigenvalue weighted by molar-refractivity contribution is 5.84. The quantitative estimate of drug-likeness (QED) is 0.902. The third kappa shape index (κ3) is 4.87. The summed E-state index contributed by atoms with van der Waals surface area (Å²) in [5.74, 6) is -0.0138. The van der Waals surface area contributed by atoms with Gasteiger partial charge >= 0.3 is 6.18 Å². The Morgan fingerprint density at radius 3 is 2.87 bits per heavy atom. The third-order valence-corrected chi connectivity index (χ3v) is 4.11. The molecular formula is C15H23F3N4O. The molecule has 130 valence electrons. The van der Waals surface area contributed by atoms with E-state index in [4.69, 9.17) is 0 Å². The molecule has 0 aliphatic carbocycles. The highest BCUT2D eigenvalue weighted by atomic mass is 19.4. The van der Waals surface area contributed by atoms with Gasteiger partial charge in [-0.1, -0.05) is 6.92 Å². The number of carbonyl (C=O) groups is 1. The number of nitrogens with zero attached hydrogens (tertiary/aromatic N) is 3. The van der Waals surface area contributed by atoms with Crippen molar-refractivity contribution in [1.82, 2.24) is 14.7 Å². The first-order valence-corrected chi connectivity index (χ1v) is 7.96. The Balaban J connectivity index is 1.95. The van der Waals surface area contributed by atoms with Gasteiger partial charge in [-0.3, -0.25) is 9.48 Å². The first-order valence-electron chi connectivity index (χ1n) is 7.96. The van der Waals surface area contributed by atoms with E-state index in [1.807, 2.05) is 4.90 Å². The van der Waals surface area contributed by atoms with Gasteiger partial charge in [0.1, 0.15) is 12.6 Å². The Morgan fingerprint density at radius 2 is 2.22 bits per heavy atom. The maximum Gasteiger partial charge on any atom is 0.408 e. The molecule has 8 heteroatoms. The lowest BCUT2D eigenvalue weighted by molar-refractivity contribution is -0.142. The Labute approximate surface area is 133 Å². The largest absolute Gasteiger partial charge is 0.408 e. The number of likely N-dealkylation sites (tertiary alicyclic amines) is 1. The molecule has 0 spiro atoms. The van der Waals surface area contributed by atoms with Gasteiger partial charge in [0.15, 0.2) is 0 Å². The predicted molar refractivity (Wildman–Crippen MR) is 81.0 cm³/mol. The highest BCUT2D eigenvalue weighted by Gasteiger charge is 2.30. The van der Waals surface area contributed by atoms with Crippen LogP contribution in [0.25, 0.3) is 0 Å². The molecule has 2 heterocycles. The van der Waals surface area contributed by atoms with E-state index >= 15 is 0 Å². The van der Waals surface area contributed by atoms with Crippen molar-refractivity contribution in [3.63, 3.8) is 0 Å². The number of hydrogen-bond acceptors (Lipinski definition) is 3. The predicted octanol–water partition coefficient (Wildman–Crippen LogP) is 3.04. The molecule has 1 aromatic heterocycles. The molecule has 2 rings (SSSR count). The molecular weight excluding hydrogens is 309 g/mol. The standard InChI is InChI=1S/C15H23F3N4O/c1-3-13-6-4-5-7-22(13)14(23)11(2)20-12-8-19-21(9-12)10-15(16,17)18/h8-9,11,13,20H,3-7,10H2,1-2H3. The van der Waals surface area contributed by atoms with Gasteiger partial charge in [0.25, 0.3) is 0 Å². The van der Waals surface area contributed by atoms with Crippen molar-refractivity contribution in [2.45, 2.75) is 64.3 Å². The van der Waals surface area contributed by atoms with E-state index in [1.165, 1.54) is 12.4 Å². The van der Waals surface area contributed by atoms with Crippen molar-refractivity contribution in [3.8, 4) is 0 Å². The summed E-state index contributed by atoms with van der Waals surface area (Å²) < 4.78 is 37.8. The lowest BCUT2D eigenvalue weighted by Gasteiger charge is -2.37. The minimum absolute atomic E-state index is 0.0138. The van der Waals surface area contributed by atoms with Gasteiger partial charge in [-0.15, -0.1) is 0 Å². The number of rotatable bonds is 5. The van der Waals surface area contributed by atoms with Gasteiger partial charge in [-0.05, 0) is 32.6 Å². The van der Waals surface area contributed by atoms with Crippen LogP contribution in [0.5, 0.6) is 0 Å². The maximum atomic E-state index is 12.6. The second kappa shape index (κ2) is 7.23. The van der Waals surface area contributed by atoms with Crippen LogP contribution in [-0.2, 0) is 11.3 Å². The molecule has 0 aromatic carbocycles. The highest BCUT2D eigenvalue weighted by Crippen LogP contribution is 2.22. The molecule has 1 aliphatic heterocycles. The van der Waals surface area contributed by atoms with Crippen molar-refractivity contribution >= 4 is 11.6 Å². The third-order valence-electron chi connectivity index (χ3n) is 4.11. The summed E-state index contributed by atoms with van der Waals surface area (Å²) in [5.41, 5.74) is 0.417. The Hall–Kier alpha value is -1.73. The zero-order valence-corrected chi connectivity index (χ0v) is 13.4. The van der Waals surface area contributed by atoms with Gasteiger partial charge in [-0.2, -0.15) is 18.3 Å². The molecule has 1 amide bonds. The van der Waals surface area contributed by atoms with Crippen molar-refractivity contribution < 1.29 is 18.0 Å². The van der Waals surface area contributed by atoms with Crippen LogP contribution in [0.2, 0.25) is 0 Å². The fourth-order valence-corrected chi connectivity index (χ4v) is 2.98. The molecule has 2 atom stereocenters. The Kier molecular flexibility index (Phi) is 5.54. The minimum atomic E-state index is -4.31. The molecule has 5 nitrogen and oxygen atoms in total. The van der Waals surface area contributed by atoms with Crippen LogP contribution in [0.1, 0.15) is 39.5 Å². The fourth-order valence-electron chi connectivity index (χ4n) is 2.98. The number of piperidine rings is 1. The summed E-state index contributed by atoms with van der Waals surface area (Å²) in [6.07, 6.45) is 2.33. The smallest absolute Gasteiger partial charge is 0.371 e. The molecule has 23 heavy (non-hydrogen) atoms. The summed E-state index contributed by atoms with van der Waals surface area (Å²) >= 11 is 0. The number of aromatic nitrogens is 2. The van der Waals surface area contributed by atoms with E-state index in [0.717, 1.165) is 36.9 Å². The first-order chi connectivity index (χ1) is 10.8. The topological polar surface area (TPSA) is 50.2 Å². The van der Waals surface area contributed by atoms with Crippen molar-refractivity contribution in [2.24, 2.45) is 0 Å². The molecule has 0 bridgehead atoms. The molecule has 1 aromatic rings. The molecule has 1 aliphatic rings. The average Bonchev–Trinajstić information content (AvgIpc) is 2.91. The fraction of sp³-hybridized carbons (Fsp3) is 0.733. The van der Waals surface area contributed by atoms with Crippen LogP contribution in [-0.4, -0.2) is 45.4 Å². The van der Waals surface area contributed by atoms with E-state index in [0.29, 0.717) is 5.69 Å². The number of amides is 1. The molecule has 0 radical (unpaired) electrons. The summed E-state index contributed by atoms with van der Waals surface area (Å²) in [6.45, 7) is 3.40. The van der Waals surface area contributed by atoms with Gasteiger partial charge in [0.05, 0.1) is 11.9 Å². The molecule has 0 saturated carbocycles. The molecule has 2 unspecified atom stereocenters. The molecule has 1 saturated heterocycles. The number of hydrogen-bond donors (Lipinski definition) is 1. The van der Waals surface area contributed by atoms with Crippen LogP contribution in [0, 0.1) is 0 Å². The van der Waals surface area contributed by atoms with Gasteiger partial charge < -0.3 is 10.2 Å². The van der Waals surface area contributed by atoms with Crippen LogP contribution >= 0.6 is 0 Å². The SMILES string of the molecule is CCC1CCCCN1C(=O)C(C)Nc1cnn(CC(F)(F)F)c1. The Morgan fingerprint density at radius 1 is 1.48 bits per heavy atom. The number of alkyl halides is 3. The van der Waals surface area contributed by atoms with E-state index in [2.05, 4.69) is 17.3 Å². The Bertz CT molecular complexity index is 529. The van der Waals surface area contributed by atoms with Crippen LogP contribution < -0.4 is 5.32 Å². The summed E-state index contributed by atoms with van der Waals surface area (Å²) in [4.78, 5) is 14.5. The van der Waals surface area contributed by atoms with Gasteiger partial charge in [0, 0.05) is 18.8 Å². The van der Waals surface area contributed by atoms with Crippen molar-refractivity contribution in [3.05, 3.63) is 12.4 Å². The second-order valence-corrected chi connectivity index (χ2v) is 6.00. The van der Waals surface area contributed by atoms with Crippen LogP contribution in [0.15, 0.2) is 12.4 Å². The van der Waals surface area contributed by atoms with Crippen LogP contribution in [0.4, 0.5) is 18.9 Å². The van der Waals surface area contributed by atoms with Crippen molar-refractivity contribution in [1.29, 1.82) is 0 Å². The summed E-state index contributed by atoms with van der Waals surface area (Å²) in [6, 6.07) is -0.237. The average molecular weight is 332 g/mol. The molecule has 1 N–H and O–H groups in total. The number of carbonyl (C=O) groups excluding carboxylic acids is 1. The minimum Gasteiger partial charge on any atom is -0.371 e. The van der Waals surface area contributed by atoms with E-state index in [1.54, 1.807) is 6.92 Å². The normalized spacial score (nSPS) is 20.4. The number of nitrogens with one attached hydrogen (secondary N) is 1. The lowest BCUT2D eigenvalue weighted by Crippen LogP contribution is -2.49. The summed E-state index contributed by atoms with van der Waals surface area (Å²) in [5, 5.41) is 6.61. The lowest BCUT2D eigenvalue weighted by atomic mass is 9.99. The maximum absolute atomic E-state index is 12.6. The second-order valence-electron chi connectivity index (χ2n) is 6.00. The number of halogens is 3. The zero-order valence-electron chi connectivity index (χ0n) is 13.4. The zero-order chi connectivity index (χ0) is 17.0. The first kappa shape index (κ1) is 17.6. The number of anilines is 1. The van der Waals surface area contributed by atoms with Gasteiger partial charge in [0.2, 0.25) is 5.91 Å².